The summed E-state index contributed by atoms with van der Waals surface area (Å²) in [6.07, 6.45) is 2.11. The number of carboxylic acid groups (broad SMARTS) is 1. The summed E-state index contributed by atoms with van der Waals surface area (Å²) in [5, 5.41) is 20.2. The van der Waals surface area contributed by atoms with Gasteiger partial charge in [0, 0.05) is 38.4 Å². The highest BCUT2D eigenvalue weighted by Gasteiger charge is 2.21. The minimum absolute atomic E-state index is 0.0104. The Hall–Kier alpha value is -2.09. The van der Waals surface area contributed by atoms with E-state index >= 15 is 0 Å². The molecule has 0 fully saturated rings. The molecule has 1 aliphatic heterocycles. The van der Waals surface area contributed by atoms with Crippen LogP contribution in [0.25, 0.3) is 0 Å². The molecule has 1 aliphatic rings. The molecule has 0 saturated heterocycles. The Morgan fingerprint density at radius 2 is 2.26 bits per heavy atom. The van der Waals surface area contributed by atoms with Crippen molar-refractivity contribution in [2.75, 3.05) is 13.1 Å². The van der Waals surface area contributed by atoms with Crippen molar-refractivity contribution in [3.05, 3.63) is 18.2 Å². The van der Waals surface area contributed by atoms with E-state index in [0.29, 0.717) is 19.6 Å². The van der Waals surface area contributed by atoms with Gasteiger partial charge in [-0.05, 0) is 0 Å². The van der Waals surface area contributed by atoms with E-state index in [9.17, 15) is 9.59 Å². The molecule has 0 spiro atoms. The zero-order chi connectivity index (χ0) is 13.8. The number of nitrogens with one attached hydrogen (secondary N) is 1. The van der Waals surface area contributed by atoms with E-state index < -0.39 is 12.1 Å². The van der Waals surface area contributed by atoms with Crippen molar-refractivity contribution in [2.45, 2.75) is 25.6 Å². The zero-order valence-corrected chi connectivity index (χ0v) is 10.3. The topological polar surface area (TPSA) is 108 Å². The third kappa shape index (κ3) is 3.22. The lowest BCUT2D eigenvalue weighted by molar-refractivity contribution is -0.146. The minimum atomic E-state index is -1.44. The number of aromatic nitrogens is 2. The second kappa shape index (κ2) is 5.70. The number of carbonyl (C=O) groups is 2. The van der Waals surface area contributed by atoms with Crippen LogP contribution in [0, 0.1) is 0 Å². The Bertz CT molecular complexity index is 473. The van der Waals surface area contributed by atoms with Gasteiger partial charge in [0.15, 0.2) is 6.10 Å². The molecule has 2 amide bonds. The lowest BCUT2D eigenvalue weighted by atomic mass is 10.2. The first-order valence-electron chi connectivity index (χ1n) is 6.01. The van der Waals surface area contributed by atoms with Gasteiger partial charge >= 0.3 is 12.0 Å². The van der Waals surface area contributed by atoms with Gasteiger partial charge in [-0.1, -0.05) is 0 Å². The summed E-state index contributed by atoms with van der Waals surface area (Å²) in [5.41, 5.74) is 0. The highest BCUT2D eigenvalue weighted by molar-refractivity contribution is 5.74. The molecule has 3 N–H and O–H groups in total. The molecule has 2 rings (SSSR count). The third-order valence-electron chi connectivity index (χ3n) is 3.01. The van der Waals surface area contributed by atoms with Crippen LogP contribution in [0.1, 0.15) is 12.2 Å². The number of carbonyl (C=O) groups excluding carboxylic acids is 1. The number of aliphatic carboxylic acids is 1. The number of aliphatic hydroxyl groups is 1. The van der Waals surface area contributed by atoms with E-state index in [1.54, 1.807) is 11.1 Å². The standard InChI is InChI=1S/C11H16N4O4/c16-8(10(17)18)1-2-13-11(19)15-6-5-14-4-3-12-9(14)7-15/h3-4,8,16H,1-2,5-7H2,(H,13,19)(H,17,18)/t8-/m0/s1. The summed E-state index contributed by atoms with van der Waals surface area (Å²) in [6, 6.07) is -0.271. The fraction of sp³-hybridized carbons (Fsp3) is 0.545. The first-order chi connectivity index (χ1) is 9.08. The fourth-order valence-corrected chi connectivity index (χ4v) is 1.90. The number of nitrogens with zero attached hydrogens (tertiary/aromatic N) is 3. The minimum Gasteiger partial charge on any atom is -0.479 e. The van der Waals surface area contributed by atoms with Gasteiger partial charge in [0.25, 0.3) is 0 Å². The summed E-state index contributed by atoms with van der Waals surface area (Å²) in [4.78, 5) is 28.0. The largest absolute Gasteiger partial charge is 0.479 e. The molecule has 1 atom stereocenters. The Balaban J connectivity index is 1.77. The smallest absolute Gasteiger partial charge is 0.332 e. The van der Waals surface area contributed by atoms with Crippen LogP contribution >= 0.6 is 0 Å². The lowest BCUT2D eigenvalue weighted by Gasteiger charge is -2.27. The van der Waals surface area contributed by atoms with E-state index in [1.165, 1.54) is 0 Å². The van der Waals surface area contributed by atoms with Gasteiger partial charge in [-0.15, -0.1) is 0 Å². The van der Waals surface area contributed by atoms with Crippen molar-refractivity contribution in [1.29, 1.82) is 0 Å². The normalized spacial score (nSPS) is 15.7. The Labute approximate surface area is 109 Å². The van der Waals surface area contributed by atoms with Crippen LogP contribution in [0.4, 0.5) is 4.79 Å². The van der Waals surface area contributed by atoms with Gasteiger partial charge in [0.1, 0.15) is 5.82 Å². The van der Waals surface area contributed by atoms with Crippen LogP contribution in [-0.4, -0.2) is 55.9 Å². The molecule has 0 radical (unpaired) electrons. The fourth-order valence-electron chi connectivity index (χ4n) is 1.90. The monoisotopic (exact) mass is 268 g/mol. The number of hydrogen-bond acceptors (Lipinski definition) is 4. The summed E-state index contributed by atoms with van der Waals surface area (Å²) in [7, 11) is 0. The third-order valence-corrected chi connectivity index (χ3v) is 3.01. The molecule has 1 aromatic rings. The van der Waals surface area contributed by atoms with Crippen molar-refractivity contribution in [1.82, 2.24) is 19.8 Å². The molecule has 0 aromatic carbocycles. The van der Waals surface area contributed by atoms with Gasteiger partial charge in [-0.2, -0.15) is 0 Å². The summed E-state index contributed by atoms with van der Waals surface area (Å²) < 4.78 is 1.98. The number of carboxylic acids is 1. The number of amides is 2. The van der Waals surface area contributed by atoms with E-state index in [1.807, 2.05) is 10.8 Å². The first kappa shape index (κ1) is 13.3. The molecular formula is C11H16N4O4. The van der Waals surface area contributed by atoms with Crippen molar-refractivity contribution in [3.8, 4) is 0 Å². The second-order valence-electron chi connectivity index (χ2n) is 4.33. The van der Waals surface area contributed by atoms with Gasteiger partial charge < -0.3 is 25.0 Å². The molecule has 0 saturated carbocycles. The Kier molecular flexibility index (Phi) is 4.00. The number of imidazole rings is 1. The second-order valence-corrected chi connectivity index (χ2v) is 4.33. The maximum absolute atomic E-state index is 11.8. The van der Waals surface area contributed by atoms with Crippen molar-refractivity contribution < 1.29 is 19.8 Å². The molecule has 19 heavy (non-hydrogen) atoms. The van der Waals surface area contributed by atoms with Crippen LogP contribution < -0.4 is 5.32 Å². The predicted molar refractivity (Wildman–Crippen MR) is 64.3 cm³/mol. The molecule has 2 heterocycles. The SMILES string of the molecule is O=C(O)[C@@H](O)CCNC(=O)N1CCn2ccnc2C1. The predicted octanol–water partition coefficient (Wildman–Crippen LogP) is -0.756. The van der Waals surface area contributed by atoms with Crippen LogP contribution in [0.3, 0.4) is 0 Å². The molecule has 1 aromatic heterocycles. The van der Waals surface area contributed by atoms with Crippen molar-refractivity contribution in [3.63, 3.8) is 0 Å². The number of aliphatic hydroxyl groups excluding tert-OH is 1. The zero-order valence-electron chi connectivity index (χ0n) is 10.3. The molecule has 0 aliphatic carbocycles. The molecule has 0 unspecified atom stereocenters. The maximum atomic E-state index is 11.8. The highest BCUT2D eigenvalue weighted by atomic mass is 16.4. The Morgan fingerprint density at radius 3 is 3.00 bits per heavy atom. The van der Waals surface area contributed by atoms with Crippen LogP contribution in [0.15, 0.2) is 12.4 Å². The lowest BCUT2D eigenvalue weighted by Crippen LogP contribution is -2.45. The van der Waals surface area contributed by atoms with Gasteiger partial charge in [0.05, 0.1) is 6.54 Å². The summed E-state index contributed by atoms with van der Waals surface area (Å²) in [6.45, 7) is 1.83. The average Bonchev–Trinajstić information content (AvgIpc) is 2.85. The van der Waals surface area contributed by atoms with Crippen LogP contribution in [-0.2, 0) is 17.9 Å². The Morgan fingerprint density at radius 1 is 1.47 bits per heavy atom. The van der Waals surface area contributed by atoms with Gasteiger partial charge in [-0.3, -0.25) is 0 Å². The van der Waals surface area contributed by atoms with E-state index in [2.05, 4.69) is 10.3 Å². The molecule has 8 heteroatoms. The van der Waals surface area contributed by atoms with E-state index in [0.717, 1.165) is 5.82 Å². The first-order valence-corrected chi connectivity index (χ1v) is 6.01. The van der Waals surface area contributed by atoms with Crippen molar-refractivity contribution in [2.24, 2.45) is 0 Å². The number of urea groups is 1. The quantitative estimate of drug-likeness (QED) is 0.665. The van der Waals surface area contributed by atoms with Gasteiger partial charge in [-0.25, -0.2) is 14.6 Å². The van der Waals surface area contributed by atoms with E-state index in [-0.39, 0.29) is 19.0 Å². The number of rotatable bonds is 4. The van der Waals surface area contributed by atoms with Crippen LogP contribution in [0.2, 0.25) is 0 Å². The number of fused-ring (bicyclic) bond motifs is 1. The van der Waals surface area contributed by atoms with Gasteiger partial charge in [0.2, 0.25) is 0 Å². The summed E-state index contributed by atoms with van der Waals surface area (Å²) >= 11 is 0. The molecule has 104 valence electrons. The average molecular weight is 268 g/mol. The van der Waals surface area contributed by atoms with Crippen LogP contribution in [0.5, 0.6) is 0 Å². The van der Waals surface area contributed by atoms with E-state index in [4.69, 9.17) is 10.2 Å². The molecule has 8 nitrogen and oxygen atoms in total. The highest BCUT2D eigenvalue weighted by Crippen LogP contribution is 2.09. The van der Waals surface area contributed by atoms with Crippen molar-refractivity contribution >= 4 is 12.0 Å². The molecular weight excluding hydrogens is 252 g/mol. The summed E-state index contributed by atoms with van der Waals surface area (Å²) in [5.74, 6) is -0.457. The maximum Gasteiger partial charge on any atom is 0.332 e. The molecule has 0 bridgehead atoms. The number of hydrogen-bond donors (Lipinski definition) is 3.